The molecule has 14 heavy (non-hydrogen) atoms. The minimum atomic E-state index is 0.442. The van der Waals surface area contributed by atoms with Crippen molar-refractivity contribution < 1.29 is 0 Å². The van der Waals surface area contributed by atoms with Gasteiger partial charge in [-0.05, 0) is 38.3 Å². The van der Waals surface area contributed by atoms with E-state index in [-0.39, 0.29) is 0 Å². The second kappa shape index (κ2) is 4.37. The van der Waals surface area contributed by atoms with Crippen molar-refractivity contribution in [3.63, 3.8) is 0 Å². The molecule has 1 aliphatic carbocycles. The standard InChI is InChI=1S/C12H17NS/c1-9-3-2-4-11(7-9)14-12-6-5-10(13)8-12/h2-4,7,10,12H,5-6,8,13H2,1H3. The van der Waals surface area contributed by atoms with Gasteiger partial charge in [-0.25, -0.2) is 0 Å². The molecular formula is C12H17NS. The van der Waals surface area contributed by atoms with Crippen LogP contribution in [0.2, 0.25) is 0 Å². The van der Waals surface area contributed by atoms with Crippen molar-refractivity contribution in [2.45, 2.75) is 42.4 Å². The molecule has 2 atom stereocenters. The minimum Gasteiger partial charge on any atom is -0.328 e. The summed E-state index contributed by atoms with van der Waals surface area (Å²) in [7, 11) is 0. The Balaban J connectivity index is 1.97. The molecule has 1 aromatic carbocycles. The normalized spacial score (nSPS) is 26.7. The zero-order valence-corrected chi connectivity index (χ0v) is 9.39. The van der Waals surface area contributed by atoms with Gasteiger partial charge in [-0.15, -0.1) is 11.8 Å². The zero-order chi connectivity index (χ0) is 9.97. The quantitative estimate of drug-likeness (QED) is 0.807. The van der Waals surface area contributed by atoms with E-state index in [2.05, 4.69) is 31.2 Å². The number of hydrogen-bond donors (Lipinski definition) is 1. The van der Waals surface area contributed by atoms with Gasteiger partial charge in [0.1, 0.15) is 0 Å². The fraction of sp³-hybridized carbons (Fsp3) is 0.500. The summed E-state index contributed by atoms with van der Waals surface area (Å²) in [6, 6.07) is 9.17. The van der Waals surface area contributed by atoms with E-state index in [0.29, 0.717) is 6.04 Å². The molecule has 2 unspecified atom stereocenters. The van der Waals surface area contributed by atoms with Crippen LogP contribution in [0.15, 0.2) is 29.2 Å². The summed E-state index contributed by atoms with van der Waals surface area (Å²) in [6.07, 6.45) is 3.65. The summed E-state index contributed by atoms with van der Waals surface area (Å²) in [4.78, 5) is 1.39. The summed E-state index contributed by atoms with van der Waals surface area (Å²) in [6.45, 7) is 2.14. The van der Waals surface area contributed by atoms with Crippen molar-refractivity contribution in [1.82, 2.24) is 0 Å². The van der Waals surface area contributed by atoms with E-state index in [1.165, 1.54) is 29.7 Å². The molecule has 0 radical (unpaired) electrons. The Morgan fingerprint density at radius 3 is 2.86 bits per heavy atom. The Kier molecular flexibility index (Phi) is 3.14. The maximum absolute atomic E-state index is 5.90. The van der Waals surface area contributed by atoms with Gasteiger partial charge >= 0.3 is 0 Å². The first-order valence-electron chi connectivity index (χ1n) is 5.23. The van der Waals surface area contributed by atoms with Gasteiger partial charge in [-0.1, -0.05) is 17.7 Å². The molecule has 0 spiro atoms. The molecule has 1 saturated carbocycles. The summed E-state index contributed by atoms with van der Waals surface area (Å²) in [5.41, 5.74) is 7.24. The molecule has 0 bridgehead atoms. The Morgan fingerprint density at radius 2 is 2.21 bits per heavy atom. The molecule has 0 amide bonds. The van der Waals surface area contributed by atoms with E-state index in [0.717, 1.165) is 5.25 Å². The summed E-state index contributed by atoms with van der Waals surface area (Å²) < 4.78 is 0. The van der Waals surface area contributed by atoms with Crippen LogP contribution in [-0.4, -0.2) is 11.3 Å². The molecule has 0 aliphatic heterocycles. The molecule has 2 N–H and O–H groups in total. The molecule has 0 aromatic heterocycles. The number of rotatable bonds is 2. The molecule has 1 aromatic rings. The van der Waals surface area contributed by atoms with Crippen molar-refractivity contribution in [2.24, 2.45) is 5.73 Å². The lowest BCUT2D eigenvalue weighted by Crippen LogP contribution is -2.15. The number of hydrogen-bond acceptors (Lipinski definition) is 2. The molecule has 1 aliphatic rings. The first-order valence-corrected chi connectivity index (χ1v) is 6.11. The maximum atomic E-state index is 5.90. The van der Waals surface area contributed by atoms with Crippen LogP contribution < -0.4 is 5.73 Å². The van der Waals surface area contributed by atoms with Gasteiger partial charge in [0.05, 0.1) is 0 Å². The number of thioether (sulfide) groups is 1. The van der Waals surface area contributed by atoms with Crippen molar-refractivity contribution in [3.05, 3.63) is 29.8 Å². The van der Waals surface area contributed by atoms with E-state index in [1.54, 1.807) is 0 Å². The first kappa shape index (κ1) is 10.1. The van der Waals surface area contributed by atoms with Gasteiger partial charge in [0, 0.05) is 16.2 Å². The van der Waals surface area contributed by atoms with E-state index < -0.39 is 0 Å². The average Bonchev–Trinajstić information content (AvgIpc) is 2.51. The van der Waals surface area contributed by atoms with Gasteiger partial charge in [0.2, 0.25) is 0 Å². The van der Waals surface area contributed by atoms with Crippen LogP contribution in [0.25, 0.3) is 0 Å². The Bertz CT molecular complexity index is 311. The van der Waals surface area contributed by atoms with Crippen LogP contribution in [0.1, 0.15) is 24.8 Å². The highest BCUT2D eigenvalue weighted by molar-refractivity contribution is 8.00. The van der Waals surface area contributed by atoms with Crippen molar-refractivity contribution >= 4 is 11.8 Å². The Labute approximate surface area is 90.1 Å². The second-order valence-corrected chi connectivity index (χ2v) is 5.50. The van der Waals surface area contributed by atoms with Crippen molar-refractivity contribution in [2.75, 3.05) is 0 Å². The van der Waals surface area contributed by atoms with Crippen LogP contribution >= 0.6 is 11.8 Å². The van der Waals surface area contributed by atoms with Crippen LogP contribution in [0, 0.1) is 6.92 Å². The van der Waals surface area contributed by atoms with Gasteiger partial charge < -0.3 is 5.73 Å². The van der Waals surface area contributed by atoms with Gasteiger partial charge in [-0.2, -0.15) is 0 Å². The molecule has 1 nitrogen and oxygen atoms in total. The minimum absolute atomic E-state index is 0.442. The predicted octanol–water partition coefficient (Wildman–Crippen LogP) is 2.97. The predicted molar refractivity (Wildman–Crippen MR) is 62.7 cm³/mol. The fourth-order valence-corrected chi connectivity index (χ4v) is 3.35. The monoisotopic (exact) mass is 207 g/mol. The highest BCUT2D eigenvalue weighted by atomic mass is 32.2. The highest BCUT2D eigenvalue weighted by Crippen LogP contribution is 2.34. The topological polar surface area (TPSA) is 26.0 Å². The molecule has 2 heteroatoms. The third-order valence-corrected chi connectivity index (χ3v) is 4.00. The Hall–Kier alpha value is -0.470. The lowest BCUT2D eigenvalue weighted by molar-refractivity contribution is 0.706. The van der Waals surface area contributed by atoms with Gasteiger partial charge in [0.15, 0.2) is 0 Å². The van der Waals surface area contributed by atoms with E-state index >= 15 is 0 Å². The highest BCUT2D eigenvalue weighted by Gasteiger charge is 2.22. The summed E-state index contributed by atoms with van der Waals surface area (Å²) in [5.74, 6) is 0. The van der Waals surface area contributed by atoms with Gasteiger partial charge in [-0.3, -0.25) is 0 Å². The lowest BCUT2D eigenvalue weighted by Gasteiger charge is -2.09. The van der Waals surface area contributed by atoms with E-state index in [4.69, 9.17) is 5.73 Å². The molecule has 0 heterocycles. The maximum Gasteiger partial charge on any atom is 0.0110 e. The molecule has 2 rings (SSSR count). The van der Waals surface area contributed by atoms with Gasteiger partial charge in [0.25, 0.3) is 0 Å². The smallest absolute Gasteiger partial charge is 0.0110 e. The van der Waals surface area contributed by atoms with E-state index in [1.807, 2.05) is 11.8 Å². The zero-order valence-electron chi connectivity index (χ0n) is 8.57. The lowest BCUT2D eigenvalue weighted by atomic mass is 10.2. The van der Waals surface area contributed by atoms with Crippen molar-refractivity contribution in [3.8, 4) is 0 Å². The third-order valence-electron chi connectivity index (χ3n) is 2.72. The van der Waals surface area contributed by atoms with Crippen LogP contribution in [0.3, 0.4) is 0 Å². The van der Waals surface area contributed by atoms with Crippen LogP contribution in [0.4, 0.5) is 0 Å². The fourth-order valence-electron chi connectivity index (χ4n) is 1.96. The summed E-state index contributed by atoms with van der Waals surface area (Å²) in [5, 5.41) is 0.742. The third kappa shape index (κ3) is 2.52. The largest absolute Gasteiger partial charge is 0.328 e. The second-order valence-electron chi connectivity index (χ2n) is 4.13. The first-order chi connectivity index (χ1) is 6.74. The molecule has 1 fully saturated rings. The van der Waals surface area contributed by atoms with Crippen molar-refractivity contribution in [1.29, 1.82) is 0 Å². The SMILES string of the molecule is Cc1cccc(SC2CCC(N)C2)c1. The average molecular weight is 207 g/mol. The van der Waals surface area contributed by atoms with E-state index in [9.17, 15) is 0 Å². The number of benzene rings is 1. The number of nitrogens with two attached hydrogens (primary N) is 1. The number of aryl methyl sites for hydroxylation is 1. The molecular weight excluding hydrogens is 190 g/mol. The summed E-state index contributed by atoms with van der Waals surface area (Å²) >= 11 is 1.99. The van der Waals surface area contributed by atoms with Crippen LogP contribution in [-0.2, 0) is 0 Å². The Morgan fingerprint density at radius 1 is 1.36 bits per heavy atom. The van der Waals surface area contributed by atoms with Crippen LogP contribution in [0.5, 0.6) is 0 Å². The molecule has 76 valence electrons. The molecule has 0 saturated heterocycles.